The summed E-state index contributed by atoms with van der Waals surface area (Å²) in [6.45, 7) is 4.06. The first-order valence-electron chi connectivity index (χ1n) is 7.43. The van der Waals surface area contributed by atoms with E-state index in [0.717, 1.165) is 25.7 Å². The van der Waals surface area contributed by atoms with Gasteiger partial charge in [0, 0.05) is 12.1 Å². The molecule has 7 heteroatoms. The molecule has 116 valence electrons. The molecule has 0 bridgehead atoms. The summed E-state index contributed by atoms with van der Waals surface area (Å²) in [5.74, 6) is -1.17. The zero-order chi connectivity index (χ0) is 15.4. The van der Waals surface area contributed by atoms with E-state index in [1.54, 1.807) is 0 Å². The lowest BCUT2D eigenvalue weighted by atomic mass is 9.93. The number of rotatable bonds is 5. The predicted molar refractivity (Wildman–Crippen MR) is 75.8 cm³/mol. The Balaban J connectivity index is 2.05. The highest BCUT2D eigenvalue weighted by Gasteiger charge is 2.27. The molecule has 2 rings (SSSR count). The molecule has 1 aromatic rings. The molecule has 1 saturated carbocycles. The molecule has 0 radical (unpaired) electrons. The molecular formula is C14H22N4O3. The van der Waals surface area contributed by atoms with Crippen molar-refractivity contribution in [3.05, 3.63) is 11.9 Å². The maximum atomic E-state index is 12.5. The second-order valence-corrected chi connectivity index (χ2v) is 5.79. The zero-order valence-corrected chi connectivity index (χ0v) is 12.5. The van der Waals surface area contributed by atoms with Crippen molar-refractivity contribution in [3.8, 4) is 0 Å². The number of hydrogen-bond acceptors (Lipinski definition) is 4. The van der Waals surface area contributed by atoms with Crippen LogP contribution in [0.15, 0.2) is 6.20 Å². The van der Waals surface area contributed by atoms with Crippen molar-refractivity contribution in [3.63, 3.8) is 0 Å². The molecule has 1 heterocycles. The molecule has 21 heavy (non-hydrogen) atoms. The Hall–Kier alpha value is -1.92. The summed E-state index contributed by atoms with van der Waals surface area (Å²) >= 11 is 0. The van der Waals surface area contributed by atoms with Gasteiger partial charge in [-0.2, -0.15) is 0 Å². The fourth-order valence-corrected chi connectivity index (χ4v) is 2.97. The van der Waals surface area contributed by atoms with E-state index in [0.29, 0.717) is 0 Å². The molecule has 7 nitrogen and oxygen atoms in total. The summed E-state index contributed by atoms with van der Waals surface area (Å²) in [5.41, 5.74) is -0.142. The molecule has 1 fully saturated rings. The first-order chi connectivity index (χ1) is 9.99. The maximum absolute atomic E-state index is 12.5. The van der Waals surface area contributed by atoms with Gasteiger partial charge in [-0.1, -0.05) is 24.5 Å². The van der Waals surface area contributed by atoms with Crippen LogP contribution in [0.3, 0.4) is 0 Å². The van der Waals surface area contributed by atoms with Gasteiger partial charge >= 0.3 is 5.97 Å². The number of aromatic carboxylic acids is 1. The Morgan fingerprint density at radius 2 is 2.05 bits per heavy atom. The number of aromatic nitrogens is 3. The number of carboxylic acids is 1. The van der Waals surface area contributed by atoms with Crippen molar-refractivity contribution in [2.75, 3.05) is 0 Å². The van der Waals surface area contributed by atoms with Gasteiger partial charge in [0.05, 0.1) is 6.20 Å². The van der Waals surface area contributed by atoms with Gasteiger partial charge in [0.1, 0.15) is 6.54 Å². The number of amides is 1. The Labute approximate surface area is 123 Å². The fraction of sp³-hybridized carbons (Fsp3) is 0.714. The van der Waals surface area contributed by atoms with E-state index < -0.39 is 5.97 Å². The van der Waals surface area contributed by atoms with Crippen molar-refractivity contribution in [2.45, 2.75) is 64.6 Å². The Morgan fingerprint density at radius 1 is 1.38 bits per heavy atom. The molecule has 0 saturated heterocycles. The zero-order valence-electron chi connectivity index (χ0n) is 12.5. The van der Waals surface area contributed by atoms with Crippen LogP contribution in [0.2, 0.25) is 0 Å². The largest absolute Gasteiger partial charge is 0.476 e. The summed E-state index contributed by atoms with van der Waals surface area (Å²) in [6, 6.07) is 0.414. The Bertz CT molecular complexity index is 506. The second kappa shape index (κ2) is 6.69. The standard InChI is InChI=1S/C14H22N4O3/c1-10(2)18(11-6-4-3-5-7-11)13(19)9-17-8-12(14(20)21)15-16-17/h8,10-11H,3-7,9H2,1-2H3,(H,20,21). The van der Waals surface area contributed by atoms with Crippen LogP contribution in [0.1, 0.15) is 56.4 Å². The summed E-state index contributed by atoms with van der Waals surface area (Å²) in [7, 11) is 0. The van der Waals surface area contributed by atoms with Gasteiger partial charge in [0.2, 0.25) is 5.91 Å². The molecule has 0 spiro atoms. The van der Waals surface area contributed by atoms with E-state index in [9.17, 15) is 9.59 Å². The van der Waals surface area contributed by atoms with Crippen LogP contribution in [0.4, 0.5) is 0 Å². The number of hydrogen-bond donors (Lipinski definition) is 1. The molecule has 1 N–H and O–H groups in total. The third-order valence-corrected chi connectivity index (χ3v) is 3.87. The average molecular weight is 294 g/mol. The molecule has 0 aliphatic heterocycles. The van der Waals surface area contributed by atoms with Crippen LogP contribution in [-0.2, 0) is 11.3 Å². The number of nitrogens with zero attached hydrogens (tertiary/aromatic N) is 4. The summed E-state index contributed by atoms with van der Waals surface area (Å²) in [5, 5.41) is 16.1. The van der Waals surface area contributed by atoms with Crippen LogP contribution in [0.25, 0.3) is 0 Å². The molecule has 1 aliphatic carbocycles. The van der Waals surface area contributed by atoms with Gasteiger partial charge in [-0.15, -0.1) is 5.10 Å². The second-order valence-electron chi connectivity index (χ2n) is 5.79. The average Bonchev–Trinajstić information content (AvgIpc) is 2.88. The molecule has 1 aliphatic rings. The van der Waals surface area contributed by atoms with Crippen LogP contribution < -0.4 is 0 Å². The van der Waals surface area contributed by atoms with Gasteiger partial charge in [-0.25, -0.2) is 9.48 Å². The summed E-state index contributed by atoms with van der Waals surface area (Å²) in [6.07, 6.45) is 6.94. The van der Waals surface area contributed by atoms with E-state index in [4.69, 9.17) is 5.11 Å². The Kier molecular flexibility index (Phi) is 4.93. The van der Waals surface area contributed by atoms with Crippen molar-refractivity contribution in [1.29, 1.82) is 0 Å². The molecule has 0 atom stereocenters. The maximum Gasteiger partial charge on any atom is 0.358 e. The summed E-state index contributed by atoms with van der Waals surface area (Å²) < 4.78 is 1.30. The minimum atomic E-state index is -1.14. The third-order valence-electron chi connectivity index (χ3n) is 3.87. The molecule has 0 aromatic carbocycles. The van der Waals surface area contributed by atoms with Crippen molar-refractivity contribution in [2.24, 2.45) is 0 Å². The highest BCUT2D eigenvalue weighted by atomic mass is 16.4. The van der Waals surface area contributed by atoms with Crippen LogP contribution in [0.5, 0.6) is 0 Å². The van der Waals surface area contributed by atoms with Gasteiger partial charge in [0.15, 0.2) is 5.69 Å². The van der Waals surface area contributed by atoms with Gasteiger partial charge in [-0.3, -0.25) is 4.79 Å². The van der Waals surface area contributed by atoms with E-state index in [-0.39, 0.29) is 30.2 Å². The van der Waals surface area contributed by atoms with Gasteiger partial charge < -0.3 is 10.0 Å². The van der Waals surface area contributed by atoms with E-state index in [1.807, 2.05) is 18.7 Å². The molecular weight excluding hydrogens is 272 g/mol. The Morgan fingerprint density at radius 3 is 2.57 bits per heavy atom. The number of carbonyl (C=O) groups is 2. The third kappa shape index (κ3) is 3.80. The van der Waals surface area contributed by atoms with Gasteiger partial charge in [-0.05, 0) is 26.7 Å². The minimum absolute atomic E-state index is 0.0289. The van der Waals surface area contributed by atoms with E-state index in [2.05, 4.69) is 10.3 Å². The minimum Gasteiger partial charge on any atom is -0.476 e. The van der Waals surface area contributed by atoms with E-state index >= 15 is 0 Å². The normalized spacial score (nSPS) is 16.1. The van der Waals surface area contributed by atoms with E-state index in [1.165, 1.54) is 17.3 Å². The van der Waals surface area contributed by atoms with Crippen molar-refractivity contribution in [1.82, 2.24) is 19.9 Å². The fourth-order valence-electron chi connectivity index (χ4n) is 2.97. The van der Waals surface area contributed by atoms with Crippen molar-refractivity contribution >= 4 is 11.9 Å². The smallest absolute Gasteiger partial charge is 0.358 e. The number of carbonyl (C=O) groups excluding carboxylic acids is 1. The first-order valence-corrected chi connectivity index (χ1v) is 7.43. The van der Waals surface area contributed by atoms with Crippen LogP contribution in [-0.4, -0.2) is 49.0 Å². The SMILES string of the molecule is CC(C)N(C(=O)Cn1cc(C(=O)O)nn1)C1CCCCC1. The van der Waals surface area contributed by atoms with Crippen molar-refractivity contribution < 1.29 is 14.7 Å². The monoisotopic (exact) mass is 294 g/mol. The highest BCUT2D eigenvalue weighted by molar-refractivity contribution is 5.84. The van der Waals surface area contributed by atoms with Crippen LogP contribution >= 0.6 is 0 Å². The number of carboxylic acid groups (broad SMARTS) is 1. The lowest BCUT2D eigenvalue weighted by molar-refractivity contribution is -0.137. The molecule has 1 aromatic heterocycles. The lowest BCUT2D eigenvalue weighted by Crippen LogP contribution is -2.47. The van der Waals surface area contributed by atoms with Gasteiger partial charge in [0.25, 0.3) is 0 Å². The topological polar surface area (TPSA) is 88.3 Å². The quantitative estimate of drug-likeness (QED) is 0.890. The first kappa shape index (κ1) is 15.5. The predicted octanol–water partition coefficient (Wildman–Crippen LogP) is 1.55. The highest BCUT2D eigenvalue weighted by Crippen LogP contribution is 2.24. The van der Waals surface area contributed by atoms with Crippen LogP contribution in [0, 0.1) is 0 Å². The summed E-state index contributed by atoms with van der Waals surface area (Å²) in [4.78, 5) is 25.2. The lowest BCUT2D eigenvalue weighted by Gasteiger charge is -2.37. The molecule has 0 unspecified atom stereocenters. The molecule has 1 amide bonds.